The van der Waals surface area contributed by atoms with Crippen LogP contribution in [0.2, 0.25) is 0 Å². The summed E-state index contributed by atoms with van der Waals surface area (Å²) in [4.78, 5) is 15.2. The molecule has 0 aromatic heterocycles. The highest BCUT2D eigenvalue weighted by molar-refractivity contribution is 5.94. The summed E-state index contributed by atoms with van der Waals surface area (Å²) in [6.45, 7) is 17.4. The number of hydrogen-bond acceptors (Lipinski definition) is 10. The Morgan fingerprint density at radius 2 is 1.65 bits per heavy atom. The number of aliphatic hydroxyl groups excluding tert-OH is 1. The zero-order chi connectivity index (χ0) is 42.5. The Kier molecular flexibility index (Phi) is 18.8. The molecule has 3 aliphatic rings. The molecule has 2 saturated heterocycles. The molecule has 3 aliphatic heterocycles. The maximum atomic E-state index is 13.3. The maximum Gasteiger partial charge on any atom is 0.247 e. The topological polar surface area (TPSA) is 156 Å². The van der Waals surface area contributed by atoms with E-state index in [0.717, 1.165) is 22.3 Å². The average Bonchev–Trinajstić information content (AvgIpc) is 3.09. The van der Waals surface area contributed by atoms with Crippen molar-refractivity contribution in [2.75, 3.05) is 20.7 Å². The molecule has 3 rings (SSSR count). The van der Waals surface area contributed by atoms with Crippen molar-refractivity contribution >= 4 is 5.91 Å². The second-order valence-corrected chi connectivity index (χ2v) is 17.0. The lowest BCUT2D eigenvalue weighted by Gasteiger charge is -2.48. The van der Waals surface area contributed by atoms with Gasteiger partial charge in [0.15, 0.2) is 12.6 Å². The first-order valence-electron chi connectivity index (χ1n) is 20.2. The zero-order valence-electron chi connectivity index (χ0n) is 36.1. The van der Waals surface area contributed by atoms with Gasteiger partial charge >= 0.3 is 0 Å². The number of nitrogens with two attached hydrogens (primary N) is 1. The third kappa shape index (κ3) is 15.5. The molecule has 57 heavy (non-hydrogen) atoms. The van der Waals surface area contributed by atoms with Crippen molar-refractivity contribution in [2.45, 2.75) is 148 Å². The summed E-state index contributed by atoms with van der Waals surface area (Å²) in [5.41, 5.74) is 7.63. The van der Waals surface area contributed by atoms with Gasteiger partial charge in [-0.15, -0.1) is 0 Å². The molecule has 0 unspecified atom stereocenters. The molecule has 0 aromatic carbocycles. The van der Waals surface area contributed by atoms with Crippen molar-refractivity contribution in [1.29, 1.82) is 0 Å². The maximum absolute atomic E-state index is 13.3. The van der Waals surface area contributed by atoms with Gasteiger partial charge in [0.25, 0.3) is 0 Å². The number of hydrogen-bond donors (Lipinski definition) is 5. The van der Waals surface area contributed by atoms with Crippen LogP contribution < -0.4 is 11.1 Å². The molecule has 1 amide bonds. The van der Waals surface area contributed by atoms with Crippen LogP contribution in [0.15, 0.2) is 107 Å². The van der Waals surface area contributed by atoms with E-state index in [2.05, 4.69) is 25.2 Å². The van der Waals surface area contributed by atoms with E-state index in [-0.39, 0.29) is 37.1 Å². The van der Waals surface area contributed by atoms with Crippen molar-refractivity contribution in [3.05, 3.63) is 107 Å². The summed E-state index contributed by atoms with van der Waals surface area (Å²) in [5, 5.41) is 37.4. The minimum atomic E-state index is -1.53. The predicted molar refractivity (Wildman–Crippen MR) is 228 cm³/mol. The minimum absolute atomic E-state index is 0.0258. The third-order valence-corrected chi connectivity index (χ3v) is 10.3. The fourth-order valence-corrected chi connectivity index (χ4v) is 7.34. The zero-order valence-corrected chi connectivity index (χ0v) is 36.1. The molecular formula is C46H71N3O8. The number of allylic oxidation sites excluding steroid dienone is 14. The number of likely N-dealkylation sites (N-methyl/N-ethyl adjacent to an activating group) is 1. The van der Waals surface area contributed by atoms with Crippen LogP contribution in [0.4, 0.5) is 0 Å². The van der Waals surface area contributed by atoms with Gasteiger partial charge in [0, 0.05) is 18.0 Å². The highest BCUT2D eigenvalue weighted by Crippen LogP contribution is 2.34. The van der Waals surface area contributed by atoms with E-state index in [1.807, 2.05) is 102 Å². The van der Waals surface area contributed by atoms with Gasteiger partial charge in [-0.2, -0.15) is 0 Å². The monoisotopic (exact) mass is 794 g/mol. The number of rotatable bonds is 7. The Morgan fingerprint density at radius 1 is 0.965 bits per heavy atom. The lowest BCUT2D eigenvalue weighted by atomic mass is 9.85. The molecule has 0 spiro atoms. The summed E-state index contributed by atoms with van der Waals surface area (Å²) < 4.78 is 24.6. The summed E-state index contributed by atoms with van der Waals surface area (Å²) in [5.74, 6) is 0.240. The molecule has 11 heteroatoms. The van der Waals surface area contributed by atoms with Crippen molar-refractivity contribution in [1.82, 2.24) is 10.2 Å². The number of nitrogens with zero attached hydrogens (tertiary/aromatic N) is 1. The van der Waals surface area contributed by atoms with E-state index in [1.165, 1.54) is 0 Å². The Labute approximate surface area is 342 Å². The highest BCUT2D eigenvalue weighted by Gasteiger charge is 2.48. The van der Waals surface area contributed by atoms with Crippen LogP contribution >= 0.6 is 0 Å². The summed E-state index contributed by atoms with van der Waals surface area (Å²) >= 11 is 0. The average molecular weight is 794 g/mol. The van der Waals surface area contributed by atoms with E-state index < -0.39 is 48.1 Å². The number of ether oxygens (including phenoxy) is 4. The Hall–Kier alpha value is -3.23. The molecule has 6 N–H and O–H groups in total. The van der Waals surface area contributed by atoms with E-state index in [9.17, 15) is 20.1 Å². The van der Waals surface area contributed by atoms with Crippen LogP contribution in [0.25, 0.3) is 0 Å². The lowest BCUT2D eigenvalue weighted by molar-refractivity contribution is -0.310. The predicted octanol–water partition coefficient (Wildman–Crippen LogP) is 5.87. The van der Waals surface area contributed by atoms with Gasteiger partial charge in [-0.05, 0) is 81.3 Å². The van der Waals surface area contributed by atoms with Gasteiger partial charge in [0.1, 0.15) is 23.9 Å². The highest BCUT2D eigenvalue weighted by atomic mass is 16.7. The Bertz CT molecular complexity index is 1600. The molecular weight excluding hydrogens is 723 g/mol. The fourth-order valence-electron chi connectivity index (χ4n) is 7.34. The normalized spacial score (nSPS) is 35.7. The van der Waals surface area contributed by atoms with Crippen LogP contribution in [-0.2, 0) is 23.7 Å². The van der Waals surface area contributed by atoms with E-state index in [0.29, 0.717) is 18.8 Å². The van der Waals surface area contributed by atoms with Crippen molar-refractivity contribution in [2.24, 2.45) is 11.7 Å². The Balaban J connectivity index is 1.86. The minimum Gasteiger partial charge on any atom is -0.388 e. The third-order valence-electron chi connectivity index (χ3n) is 10.3. The number of aliphatic hydroxyl groups is 3. The molecule has 0 bridgehead atoms. The molecule has 0 aromatic rings. The molecule has 0 radical (unpaired) electrons. The second kappa shape index (κ2) is 22.2. The van der Waals surface area contributed by atoms with E-state index in [4.69, 9.17) is 24.7 Å². The second-order valence-electron chi connectivity index (χ2n) is 17.0. The molecule has 11 nitrogen and oxygen atoms in total. The van der Waals surface area contributed by atoms with Crippen LogP contribution in [-0.4, -0.2) is 113 Å². The summed E-state index contributed by atoms with van der Waals surface area (Å²) in [7, 11) is 3.79. The van der Waals surface area contributed by atoms with Gasteiger partial charge in [0.05, 0.1) is 30.4 Å². The molecule has 2 fully saturated rings. The first-order valence-corrected chi connectivity index (χ1v) is 20.2. The first kappa shape index (κ1) is 48.1. The molecule has 11 atom stereocenters. The number of amides is 1. The van der Waals surface area contributed by atoms with Gasteiger partial charge in [-0.1, -0.05) is 116 Å². The number of carbonyl (C=O) groups is 1. The van der Waals surface area contributed by atoms with Crippen LogP contribution in [0.1, 0.15) is 81.6 Å². The van der Waals surface area contributed by atoms with Gasteiger partial charge < -0.3 is 50.2 Å². The van der Waals surface area contributed by atoms with Gasteiger partial charge in [-0.3, -0.25) is 4.79 Å². The SMILES string of the molecule is CC1=CC=CC(C)=CC[C@H](C)NC(=O)C(CC(C)C)=CC(C)=CC=CC=C[C@@](C)(O)[C@@H](O[C@@H]2OC[C@@H](O[C@H]3C[C@@](C)(O)[C@H](N(C)C)[C@@H](C)O3)[C@H](O)[C@H]2N)C=CC=C1. The van der Waals surface area contributed by atoms with Crippen molar-refractivity contribution < 1.29 is 39.1 Å². The molecule has 318 valence electrons. The van der Waals surface area contributed by atoms with E-state index in [1.54, 1.807) is 44.2 Å². The quantitative estimate of drug-likeness (QED) is 0.212. The van der Waals surface area contributed by atoms with Gasteiger partial charge in [-0.25, -0.2) is 0 Å². The molecule has 0 saturated carbocycles. The lowest BCUT2D eigenvalue weighted by Crippen LogP contribution is -2.63. The van der Waals surface area contributed by atoms with Crippen molar-refractivity contribution in [3.63, 3.8) is 0 Å². The van der Waals surface area contributed by atoms with Crippen LogP contribution in [0, 0.1) is 5.92 Å². The Morgan fingerprint density at radius 3 is 2.32 bits per heavy atom. The largest absolute Gasteiger partial charge is 0.388 e. The number of nitrogens with one attached hydrogen (secondary N) is 1. The standard InChI is InChI=1S/C46H71N3O8/c1-30(2)26-36-27-33(5)19-13-12-16-25-45(8,52)38(22-15-14-18-31(3)20-17-21-32(4)23-24-34(6)48-43(36)51)57-44-40(47)41(50)37(29-54-44)56-39-28-46(9,53)42(49(10)11)35(7)55-39/h12-23,25,27,30,34-35,37-42,44,50,52-53H,24,26,28-29,47H2,1-11H3,(H,48,51)/t34-,35+,37+,38-,39-,40+,41-,42+,44-,45+,46+/m0/s1. The van der Waals surface area contributed by atoms with Gasteiger partial charge in [0.2, 0.25) is 5.91 Å². The summed E-state index contributed by atoms with van der Waals surface area (Å²) in [6, 6.07) is -1.28. The van der Waals surface area contributed by atoms with Crippen molar-refractivity contribution in [3.8, 4) is 0 Å². The smallest absolute Gasteiger partial charge is 0.247 e. The number of carbonyl (C=O) groups excluding carboxylic acids is 1. The fraction of sp³-hybridized carbons (Fsp3) is 0.587. The molecule has 0 aliphatic carbocycles. The van der Waals surface area contributed by atoms with Crippen LogP contribution in [0.5, 0.6) is 0 Å². The van der Waals surface area contributed by atoms with Crippen LogP contribution in [0.3, 0.4) is 0 Å². The molecule has 3 heterocycles. The van der Waals surface area contributed by atoms with E-state index >= 15 is 0 Å². The first-order chi connectivity index (χ1) is 26.7. The summed E-state index contributed by atoms with van der Waals surface area (Å²) in [6.07, 6.45) is 22.7.